The topological polar surface area (TPSA) is 18.1 Å². The number of hydrogen-bond acceptors (Lipinski definition) is 3. The van der Waals surface area contributed by atoms with Crippen molar-refractivity contribution >= 4 is 204 Å². The molecular weight excluding hydrogens is 1780 g/mol. The smallest absolute Gasteiger partial charge is 0.143 e. The quantitative estimate of drug-likeness (QED) is 0.160. The van der Waals surface area contributed by atoms with Crippen molar-refractivity contribution < 1.29 is 4.42 Å². The van der Waals surface area contributed by atoms with Crippen molar-refractivity contribution in [3.05, 3.63) is 510 Å². The van der Waals surface area contributed by atoms with Crippen LogP contribution in [0, 0.1) is 0 Å². The zero-order valence-corrected chi connectivity index (χ0v) is 81.0. The molecule has 4 aromatic heterocycles. The molecule has 0 N–H and O–H groups in total. The lowest BCUT2D eigenvalue weighted by Gasteiger charge is -2.22. The van der Waals surface area contributed by atoms with Gasteiger partial charge in [0.2, 0.25) is 0 Å². The highest BCUT2D eigenvalue weighted by Gasteiger charge is 2.39. The van der Waals surface area contributed by atoms with Crippen LogP contribution >= 0.6 is 22.7 Å². The summed E-state index contributed by atoms with van der Waals surface area (Å²) in [7, 11) is 0. The minimum Gasteiger partial charge on any atom is -0.455 e. The van der Waals surface area contributed by atoms with Gasteiger partial charge in [0.1, 0.15) is 11.2 Å². The second-order valence-corrected chi connectivity index (χ2v) is 43.1. The SMILES string of the molecule is CC1(C)c2cc3c(cc2-c2cc4ccccc4cc21)-c1ccc2ccccc2c1C3.c1ccc(-n2c3cc4c(cc3c3c5ccccc5ccc32)-c2ccc3ccccc3c2C4)cc1.c1ccc2c(c1)Cc1cc3sc4ccc5ccccc5c4c3cc1-2.c1ccc2c3c(ccc2c1)-c1cc2c(cc1C3)oc1c3ccccc3ccc21.c1ccc2cc3c(cc2c1)Cc1cc2sc4c5ccccc5ccc4c2cc1-3. The van der Waals surface area contributed by atoms with Gasteiger partial charge in [0, 0.05) is 78.4 Å². The molecule has 29 aromatic rings. The Bertz CT molecular complexity index is 10600. The first-order chi connectivity index (χ1) is 71.1. The Hall–Kier alpha value is -17.1. The number of para-hydroxylation sites is 1. The molecule has 0 bridgehead atoms. The van der Waals surface area contributed by atoms with E-state index in [9.17, 15) is 0 Å². The fourth-order valence-electron chi connectivity index (χ4n) is 26.0. The van der Waals surface area contributed by atoms with E-state index in [1.165, 1.54) is 309 Å². The number of hydrogen-bond donors (Lipinski definition) is 0. The summed E-state index contributed by atoms with van der Waals surface area (Å²) in [5, 5.41) is 34.5. The molecule has 0 atom stereocenters. The average molecular weight is 1870 g/mol. The Morgan fingerprint density at radius 2 is 0.611 bits per heavy atom. The first-order valence-corrected chi connectivity index (χ1v) is 52.2. The highest BCUT2D eigenvalue weighted by Crippen LogP contribution is 2.57. The number of rotatable bonds is 1. The van der Waals surface area contributed by atoms with E-state index in [2.05, 4.69) is 461 Å². The van der Waals surface area contributed by atoms with Crippen LogP contribution in [-0.4, -0.2) is 4.57 Å². The highest BCUT2D eigenvalue weighted by atomic mass is 32.1. The maximum Gasteiger partial charge on any atom is 0.143 e. The molecule has 0 unspecified atom stereocenters. The van der Waals surface area contributed by atoms with Gasteiger partial charge in [-0.2, -0.15) is 0 Å². The second-order valence-electron chi connectivity index (χ2n) is 40.9. The molecule has 4 heteroatoms. The molecule has 0 saturated carbocycles. The molecule has 0 radical (unpaired) electrons. The summed E-state index contributed by atoms with van der Waals surface area (Å²) in [6, 6.07) is 164. The van der Waals surface area contributed by atoms with Crippen molar-refractivity contribution in [2.45, 2.75) is 51.4 Å². The molecule has 6 aliphatic rings. The van der Waals surface area contributed by atoms with E-state index in [1.54, 1.807) is 0 Å². The zero-order valence-electron chi connectivity index (χ0n) is 79.4. The van der Waals surface area contributed by atoms with Crippen LogP contribution < -0.4 is 0 Å². The largest absolute Gasteiger partial charge is 0.455 e. The van der Waals surface area contributed by atoms with Gasteiger partial charge in [0.15, 0.2) is 0 Å². The van der Waals surface area contributed by atoms with Gasteiger partial charge in [-0.25, -0.2) is 0 Å². The van der Waals surface area contributed by atoms with Gasteiger partial charge < -0.3 is 8.98 Å². The van der Waals surface area contributed by atoms with Gasteiger partial charge in [-0.1, -0.05) is 354 Å². The van der Waals surface area contributed by atoms with E-state index in [4.69, 9.17) is 4.42 Å². The molecule has 0 fully saturated rings. The molecule has 6 aliphatic carbocycles. The van der Waals surface area contributed by atoms with Crippen LogP contribution in [0.15, 0.2) is 447 Å². The lowest BCUT2D eigenvalue weighted by atomic mass is 9.81. The van der Waals surface area contributed by atoms with Gasteiger partial charge >= 0.3 is 0 Å². The molecule has 25 aromatic carbocycles. The average Bonchev–Trinajstić information content (AvgIpc) is 1.55. The number of fused-ring (bicyclic) bond motifs is 46. The molecule has 4 heterocycles. The van der Waals surface area contributed by atoms with Gasteiger partial charge in [0.05, 0.1) is 11.0 Å². The molecule has 0 amide bonds. The minimum atomic E-state index is 0.0283. The summed E-state index contributed by atoms with van der Waals surface area (Å²) in [5.41, 5.74) is 40.0. The zero-order chi connectivity index (χ0) is 94.4. The predicted molar refractivity (Wildman–Crippen MR) is 616 cm³/mol. The fraction of sp³-hybridized carbons (Fsp3) is 0.0571. The van der Waals surface area contributed by atoms with Crippen LogP contribution in [-0.2, 0) is 37.5 Å². The molecule has 144 heavy (non-hydrogen) atoms. The van der Waals surface area contributed by atoms with Gasteiger partial charge in [-0.05, 0) is 360 Å². The van der Waals surface area contributed by atoms with Crippen molar-refractivity contribution in [3.8, 4) is 72.4 Å². The summed E-state index contributed by atoms with van der Waals surface area (Å²) in [6.07, 6.45) is 5.10. The van der Waals surface area contributed by atoms with Gasteiger partial charge in [-0.3, -0.25) is 0 Å². The van der Waals surface area contributed by atoms with Crippen LogP contribution in [0.4, 0.5) is 0 Å². The Labute approximate surface area is 839 Å². The standard InChI is InChI=1S/C33H21N.C30H22.C27H16O.C27H16S.C23H14S/c1-2-10-24(11-3-1)34-31-17-15-22-9-5-7-13-26(22)33(31)30-20-28-23(19-32(30)34)18-29-25-12-6-4-8-21(25)14-16-27(28)29;1-30(2)28-15-20-9-4-3-8-19(20)13-26(28)27-17-24-21(16-29(27)30)14-25-22-10-6-5-7-18(22)11-12-23(24)25;1-3-7-19-16(5-1)9-11-21-23-15-25-22-12-10-17-6-2-4-8-20(17)27(22)28-26(25)14-18(23)13-24(19)21;1-2-7-18-13-23-19(11-17(18)6-1)12-20-14-26-25(15-24(20)23)22-10-9-16-5-3-4-8-21(16)27(22)28-26;1-4-8-18-14(5-1)9-10-21-23(18)20-13-19-16(12-22(20)24-21)11-15-6-2-3-7-17(15)19/h1-17,19-20H,18H2;3-13,15-17H,14H2,1-2H3;1-12,14-15H,13H2;1-11,13-15H,12H2;1-10,12-13H,11H2. The molecule has 35 rings (SSSR count). The first-order valence-electron chi connectivity index (χ1n) is 50.6. The van der Waals surface area contributed by atoms with E-state index in [0.29, 0.717) is 0 Å². The van der Waals surface area contributed by atoms with E-state index in [0.717, 1.165) is 43.3 Å². The summed E-state index contributed by atoms with van der Waals surface area (Å²) in [6.45, 7) is 4.77. The van der Waals surface area contributed by atoms with Crippen molar-refractivity contribution in [1.29, 1.82) is 0 Å². The Kier molecular flexibility index (Phi) is 17.8. The van der Waals surface area contributed by atoms with E-state index in [-0.39, 0.29) is 5.41 Å². The van der Waals surface area contributed by atoms with Crippen LogP contribution in [0.2, 0.25) is 0 Å². The summed E-state index contributed by atoms with van der Waals surface area (Å²) < 4.78 is 14.4. The Morgan fingerprint density at radius 3 is 1.25 bits per heavy atom. The number of nitrogens with zero attached hydrogens (tertiary/aromatic N) is 1. The van der Waals surface area contributed by atoms with E-state index in [1.807, 2.05) is 22.7 Å². The Morgan fingerprint density at radius 1 is 0.208 bits per heavy atom. The van der Waals surface area contributed by atoms with Gasteiger partial charge in [0.25, 0.3) is 0 Å². The Balaban J connectivity index is 0.0000000825. The molecule has 672 valence electrons. The minimum absolute atomic E-state index is 0.0283. The number of benzene rings is 25. The fourth-order valence-corrected chi connectivity index (χ4v) is 28.4. The number of aromatic nitrogens is 1. The van der Waals surface area contributed by atoms with Crippen LogP contribution in [0.1, 0.15) is 80.6 Å². The third-order valence-corrected chi connectivity index (χ3v) is 35.2. The van der Waals surface area contributed by atoms with Crippen molar-refractivity contribution in [2.24, 2.45) is 0 Å². The molecule has 2 nitrogen and oxygen atoms in total. The molecule has 0 saturated heterocycles. The highest BCUT2D eigenvalue weighted by molar-refractivity contribution is 7.27. The normalized spacial score (nSPS) is 13.3. The van der Waals surface area contributed by atoms with Crippen LogP contribution in [0.5, 0.6) is 0 Å². The third kappa shape index (κ3) is 12.5. The van der Waals surface area contributed by atoms with Crippen molar-refractivity contribution in [2.75, 3.05) is 0 Å². The second kappa shape index (κ2) is 31.4. The van der Waals surface area contributed by atoms with E-state index >= 15 is 0 Å². The van der Waals surface area contributed by atoms with Crippen molar-refractivity contribution in [1.82, 2.24) is 4.57 Å². The van der Waals surface area contributed by atoms with E-state index < -0.39 is 0 Å². The lowest BCUT2D eigenvalue weighted by molar-refractivity contribution is 0.660. The number of furan rings is 1. The van der Waals surface area contributed by atoms with Crippen LogP contribution in [0.25, 0.3) is 253 Å². The summed E-state index contributed by atoms with van der Waals surface area (Å²) >= 11 is 3.86. The molecule has 0 aliphatic heterocycles. The maximum atomic E-state index is 6.38. The summed E-state index contributed by atoms with van der Waals surface area (Å²) in [4.78, 5) is 0. The number of thiophene rings is 2. The molecular formula is C140H89NOS2. The summed E-state index contributed by atoms with van der Waals surface area (Å²) in [5.74, 6) is 0. The predicted octanol–water partition coefficient (Wildman–Crippen LogP) is 38.7. The lowest BCUT2D eigenvalue weighted by Crippen LogP contribution is -2.15. The van der Waals surface area contributed by atoms with Crippen molar-refractivity contribution in [3.63, 3.8) is 0 Å². The monoisotopic (exact) mass is 1860 g/mol. The molecule has 0 spiro atoms. The van der Waals surface area contributed by atoms with Crippen LogP contribution in [0.3, 0.4) is 0 Å². The van der Waals surface area contributed by atoms with Gasteiger partial charge in [-0.15, -0.1) is 22.7 Å². The first kappa shape index (κ1) is 81.7. The third-order valence-electron chi connectivity index (χ3n) is 32.8. The maximum absolute atomic E-state index is 6.38.